The predicted octanol–water partition coefficient (Wildman–Crippen LogP) is 2.73. The van der Waals surface area contributed by atoms with Crippen LogP contribution in [0.4, 0.5) is 13.2 Å². The third-order valence-electron chi connectivity index (χ3n) is 3.08. The zero-order chi connectivity index (χ0) is 14.5. The van der Waals surface area contributed by atoms with Gasteiger partial charge in [-0.2, -0.15) is 18.2 Å². The number of aromatic nitrogens is 2. The average molecular weight is 279 g/mol. The van der Waals surface area contributed by atoms with Crippen molar-refractivity contribution in [2.24, 2.45) is 17.6 Å². The van der Waals surface area contributed by atoms with Crippen molar-refractivity contribution < 1.29 is 17.7 Å². The number of halogens is 3. The smallest absolute Gasteiger partial charge is 0.339 e. The molecule has 0 aromatic carbocycles. The Labute approximate surface area is 110 Å². The lowest BCUT2D eigenvalue weighted by Crippen LogP contribution is -2.15. The van der Waals surface area contributed by atoms with Crippen LogP contribution in [0.2, 0.25) is 0 Å². The summed E-state index contributed by atoms with van der Waals surface area (Å²) in [6.45, 7) is 4.80. The minimum absolute atomic E-state index is 0.266. The first kappa shape index (κ1) is 15.9. The van der Waals surface area contributed by atoms with Crippen LogP contribution in [0.15, 0.2) is 4.52 Å². The molecule has 1 heterocycles. The topological polar surface area (TPSA) is 64.9 Å². The van der Waals surface area contributed by atoms with Crippen LogP contribution < -0.4 is 5.73 Å². The number of aryl methyl sites for hydroxylation is 1. The lowest BCUT2D eigenvalue weighted by molar-refractivity contribution is -0.128. The third kappa shape index (κ3) is 6.04. The molecule has 1 atom stereocenters. The molecule has 7 heteroatoms. The zero-order valence-electron chi connectivity index (χ0n) is 11.2. The molecule has 19 heavy (non-hydrogen) atoms. The van der Waals surface area contributed by atoms with Gasteiger partial charge in [0.1, 0.15) is 6.42 Å². The highest BCUT2D eigenvalue weighted by Crippen LogP contribution is 2.22. The Morgan fingerprint density at radius 1 is 1.26 bits per heavy atom. The van der Waals surface area contributed by atoms with Gasteiger partial charge in [0.25, 0.3) is 0 Å². The molecule has 0 fully saturated rings. The van der Waals surface area contributed by atoms with Gasteiger partial charge in [-0.3, -0.25) is 0 Å². The fourth-order valence-corrected chi connectivity index (χ4v) is 1.98. The number of hydrogen-bond donors (Lipinski definition) is 1. The van der Waals surface area contributed by atoms with E-state index in [1.807, 2.05) is 0 Å². The first-order valence-corrected chi connectivity index (χ1v) is 6.40. The zero-order valence-corrected chi connectivity index (χ0v) is 11.2. The molecule has 0 aliphatic heterocycles. The molecule has 1 aromatic rings. The summed E-state index contributed by atoms with van der Waals surface area (Å²) in [5.74, 6) is 0.855. The standard InChI is InChI=1S/C12H20F3N3O/c1-8(2)9(5-6-16)3-4-11-17-10(18-19-11)7-12(13,14)15/h8-9H,3-7,16H2,1-2H3. The van der Waals surface area contributed by atoms with Gasteiger partial charge < -0.3 is 10.3 Å². The van der Waals surface area contributed by atoms with Crippen molar-refractivity contribution >= 4 is 0 Å². The van der Waals surface area contributed by atoms with Crippen LogP contribution in [0.1, 0.15) is 38.4 Å². The van der Waals surface area contributed by atoms with Gasteiger partial charge in [0.2, 0.25) is 5.89 Å². The van der Waals surface area contributed by atoms with Crippen molar-refractivity contribution in [1.82, 2.24) is 10.1 Å². The number of nitrogens with two attached hydrogens (primary N) is 1. The van der Waals surface area contributed by atoms with Crippen molar-refractivity contribution in [1.29, 1.82) is 0 Å². The normalized spacial score (nSPS) is 14.1. The number of rotatable bonds is 7. The van der Waals surface area contributed by atoms with E-state index < -0.39 is 12.6 Å². The molecule has 4 nitrogen and oxygen atoms in total. The second kappa shape index (κ2) is 6.88. The first-order valence-electron chi connectivity index (χ1n) is 6.40. The van der Waals surface area contributed by atoms with Crippen LogP contribution in [0.5, 0.6) is 0 Å². The molecule has 0 aliphatic carbocycles. The molecule has 0 amide bonds. The van der Waals surface area contributed by atoms with E-state index in [9.17, 15) is 13.2 Å². The molecule has 0 aliphatic rings. The van der Waals surface area contributed by atoms with Crippen LogP contribution in [-0.4, -0.2) is 22.9 Å². The summed E-state index contributed by atoms with van der Waals surface area (Å²) in [5, 5.41) is 3.34. The Kier molecular flexibility index (Phi) is 5.78. The molecule has 1 rings (SSSR count). The van der Waals surface area contributed by atoms with E-state index in [1.54, 1.807) is 0 Å². The molecular formula is C12H20F3N3O. The molecule has 0 radical (unpaired) electrons. The fraction of sp³-hybridized carbons (Fsp3) is 0.833. The third-order valence-corrected chi connectivity index (χ3v) is 3.08. The van der Waals surface area contributed by atoms with E-state index in [1.165, 1.54) is 0 Å². The van der Waals surface area contributed by atoms with Crippen molar-refractivity contribution in [3.8, 4) is 0 Å². The molecule has 0 spiro atoms. The van der Waals surface area contributed by atoms with Gasteiger partial charge in [-0.05, 0) is 31.2 Å². The van der Waals surface area contributed by atoms with Gasteiger partial charge in [-0.1, -0.05) is 19.0 Å². The second-order valence-electron chi connectivity index (χ2n) is 5.02. The summed E-state index contributed by atoms with van der Waals surface area (Å²) in [6, 6.07) is 0. The van der Waals surface area contributed by atoms with Crippen LogP contribution in [0.25, 0.3) is 0 Å². The van der Waals surface area contributed by atoms with Gasteiger partial charge in [0, 0.05) is 6.42 Å². The predicted molar refractivity (Wildman–Crippen MR) is 64.4 cm³/mol. The van der Waals surface area contributed by atoms with Gasteiger partial charge in [0.15, 0.2) is 5.82 Å². The van der Waals surface area contributed by atoms with Crippen LogP contribution >= 0.6 is 0 Å². The van der Waals surface area contributed by atoms with Gasteiger partial charge in [-0.15, -0.1) is 0 Å². The van der Waals surface area contributed by atoms with Crippen molar-refractivity contribution in [2.75, 3.05) is 6.54 Å². The minimum atomic E-state index is -4.30. The Hall–Kier alpha value is -1.11. The van der Waals surface area contributed by atoms with Crippen molar-refractivity contribution in [3.05, 3.63) is 11.7 Å². The van der Waals surface area contributed by atoms with Gasteiger partial charge >= 0.3 is 6.18 Å². The lowest BCUT2D eigenvalue weighted by atomic mass is 9.88. The second-order valence-corrected chi connectivity index (χ2v) is 5.02. The van der Waals surface area contributed by atoms with Crippen LogP contribution in [-0.2, 0) is 12.8 Å². The van der Waals surface area contributed by atoms with E-state index in [0.29, 0.717) is 24.8 Å². The van der Waals surface area contributed by atoms with Crippen LogP contribution in [0, 0.1) is 11.8 Å². The van der Waals surface area contributed by atoms with Crippen LogP contribution in [0.3, 0.4) is 0 Å². The number of alkyl halides is 3. The molecule has 1 unspecified atom stereocenters. The van der Waals surface area contributed by atoms with Gasteiger partial charge in [-0.25, -0.2) is 0 Å². The van der Waals surface area contributed by atoms with Gasteiger partial charge in [0.05, 0.1) is 0 Å². The van der Waals surface area contributed by atoms with E-state index in [4.69, 9.17) is 10.3 Å². The molecule has 1 aromatic heterocycles. The maximum Gasteiger partial charge on any atom is 0.396 e. The average Bonchev–Trinajstić information content (AvgIpc) is 2.69. The number of nitrogens with zero attached hydrogens (tertiary/aromatic N) is 2. The SMILES string of the molecule is CC(C)C(CCN)CCc1nc(CC(F)(F)F)no1. The molecule has 0 bridgehead atoms. The van der Waals surface area contributed by atoms with E-state index in [2.05, 4.69) is 24.0 Å². The molecule has 2 N–H and O–H groups in total. The van der Waals surface area contributed by atoms with Crippen molar-refractivity contribution in [3.63, 3.8) is 0 Å². The molecule has 0 saturated carbocycles. The largest absolute Gasteiger partial charge is 0.396 e. The van der Waals surface area contributed by atoms with Crippen molar-refractivity contribution in [2.45, 2.75) is 45.7 Å². The van der Waals surface area contributed by atoms with E-state index in [-0.39, 0.29) is 11.7 Å². The summed E-state index contributed by atoms with van der Waals surface area (Å²) in [5.41, 5.74) is 5.53. The summed E-state index contributed by atoms with van der Waals surface area (Å²) >= 11 is 0. The fourth-order valence-electron chi connectivity index (χ4n) is 1.98. The maximum atomic E-state index is 12.1. The summed E-state index contributed by atoms with van der Waals surface area (Å²) in [7, 11) is 0. The van der Waals surface area contributed by atoms with E-state index in [0.717, 1.165) is 12.8 Å². The molecule has 0 saturated heterocycles. The quantitative estimate of drug-likeness (QED) is 0.833. The summed E-state index contributed by atoms with van der Waals surface area (Å²) in [4.78, 5) is 3.76. The number of hydrogen-bond acceptors (Lipinski definition) is 4. The van der Waals surface area contributed by atoms with E-state index >= 15 is 0 Å². The highest BCUT2D eigenvalue weighted by atomic mass is 19.4. The molecule has 110 valence electrons. The lowest BCUT2D eigenvalue weighted by Gasteiger charge is -2.18. The molecular weight excluding hydrogens is 259 g/mol. The Morgan fingerprint density at radius 2 is 1.95 bits per heavy atom. The Bertz CT molecular complexity index is 377. The minimum Gasteiger partial charge on any atom is -0.339 e. The summed E-state index contributed by atoms with van der Waals surface area (Å²) < 4.78 is 41.2. The first-order chi connectivity index (χ1) is 8.81. The maximum absolute atomic E-state index is 12.1. The Balaban J connectivity index is 2.49. The Morgan fingerprint density at radius 3 is 2.47 bits per heavy atom. The highest BCUT2D eigenvalue weighted by molar-refractivity contribution is 4.89. The highest BCUT2D eigenvalue weighted by Gasteiger charge is 2.30. The summed E-state index contributed by atoms with van der Waals surface area (Å²) in [6.07, 6.45) is -3.27. The monoisotopic (exact) mass is 279 g/mol.